The molecule has 0 bridgehead atoms. The Hall–Kier alpha value is -2.22. The van der Waals surface area contributed by atoms with Gasteiger partial charge in [-0.15, -0.1) is 11.3 Å². The number of halogens is 1. The predicted molar refractivity (Wildman–Crippen MR) is 128 cm³/mol. The number of piperazine rings is 1. The maximum absolute atomic E-state index is 12.7. The molecule has 2 heterocycles. The average molecular weight is 485 g/mol. The smallest absolute Gasteiger partial charge is 0.257 e. The molecule has 3 aromatic rings. The lowest BCUT2D eigenvalue weighted by atomic mass is 9.82. The number of nitrogens with one attached hydrogen (secondary N) is 2. The van der Waals surface area contributed by atoms with Gasteiger partial charge in [-0.25, -0.2) is 4.98 Å². The molecular formula is C23H25BrN4OS. The summed E-state index contributed by atoms with van der Waals surface area (Å²) >= 11 is 4.94. The highest BCUT2D eigenvalue weighted by Crippen LogP contribution is 2.34. The van der Waals surface area contributed by atoms with Crippen LogP contribution in [0.2, 0.25) is 0 Å². The Bertz CT molecular complexity index is 1010. The standard InChI is InChI=1S/C23H25BrN4OS/c1-23(2,17-5-7-18(24)8-6-17)20-15-30-22(26-20)27-21(29)16-3-9-19(10-4-16)28-13-11-25-12-14-28/h3-10,15,25H,11-14H2,1-2H3,(H,26,27,29). The Labute approximate surface area is 189 Å². The molecule has 1 fully saturated rings. The van der Waals surface area contributed by atoms with Crippen LogP contribution in [0, 0.1) is 0 Å². The lowest BCUT2D eigenvalue weighted by molar-refractivity contribution is 0.102. The number of aromatic nitrogens is 1. The van der Waals surface area contributed by atoms with Gasteiger partial charge in [0.1, 0.15) is 0 Å². The highest BCUT2D eigenvalue weighted by molar-refractivity contribution is 9.10. The van der Waals surface area contributed by atoms with Crippen molar-refractivity contribution in [3.05, 3.63) is 75.2 Å². The van der Waals surface area contributed by atoms with Crippen LogP contribution in [0.3, 0.4) is 0 Å². The zero-order valence-corrected chi connectivity index (χ0v) is 19.5. The van der Waals surface area contributed by atoms with Gasteiger partial charge >= 0.3 is 0 Å². The SMILES string of the molecule is CC(C)(c1ccc(Br)cc1)c1csc(NC(=O)c2ccc(N3CCNCC3)cc2)n1. The summed E-state index contributed by atoms with van der Waals surface area (Å²) in [6.45, 7) is 8.25. The van der Waals surface area contributed by atoms with Gasteiger partial charge in [-0.05, 0) is 42.0 Å². The zero-order valence-electron chi connectivity index (χ0n) is 17.1. The fourth-order valence-electron chi connectivity index (χ4n) is 3.55. The average Bonchev–Trinajstić information content (AvgIpc) is 3.24. The molecule has 0 radical (unpaired) electrons. The van der Waals surface area contributed by atoms with E-state index in [0.717, 1.165) is 42.0 Å². The third-order valence-electron chi connectivity index (χ3n) is 5.54. The molecule has 1 aromatic heterocycles. The van der Waals surface area contributed by atoms with Crippen molar-refractivity contribution in [2.75, 3.05) is 36.4 Å². The van der Waals surface area contributed by atoms with Crippen molar-refractivity contribution >= 4 is 44.0 Å². The van der Waals surface area contributed by atoms with Crippen LogP contribution in [0.4, 0.5) is 10.8 Å². The van der Waals surface area contributed by atoms with E-state index in [2.05, 4.69) is 57.4 Å². The van der Waals surface area contributed by atoms with Gasteiger partial charge < -0.3 is 10.2 Å². The highest BCUT2D eigenvalue weighted by atomic mass is 79.9. The first-order valence-corrected chi connectivity index (χ1v) is 11.7. The zero-order chi connectivity index (χ0) is 21.1. The Morgan fingerprint density at radius 3 is 2.43 bits per heavy atom. The van der Waals surface area contributed by atoms with E-state index in [-0.39, 0.29) is 11.3 Å². The summed E-state index contributed by atoms with van der Waals surface area (Å²) in [5.41, 5.74) is 3.67. The maximum atomic E-state index is 12.7. The molecule has 0 unspecified atom stereocenters. The van der Waals surface area contributed by atoms with Crippen LogP contribution in [-0.2, 0) is 5.41 Å². The molecule has 0 saturated carbocycles. The summed E-state index contributed by atoms with van der Waals surface area (Å²) in [6.07, 6.45) is 0. The van der Waals surface area contributed by atoms with E-state index in [1.165, 1.54) is 16.9 Å². The Morgan fingerprint density at radius 1 is 1.10 bits per heavy atom. The molecule has 30 heavy (non-hydrogen) atoms. The number of hydrogen-bond acceptors (Lipinski definition) is 5. The van der Waals surface area contributed by atoms with Crippen molar-refractivity contribution in [3.63, 3.8) is 0 Å². The molecule has 2 N–H and O–H groups in total. The lowest BCUT2D eigenvalue weighted by Gasteiger charge is -2.29. The number of benzene rings is 2. The normalized spacial score (nSPS) is 14.6. The Balaban J connectivity index is 1.44. The van der Waals surface area contributed by atoms with Crippen LogP contribution in [0.5, 0.6) is 0 Å². The van der Waals surface area contributed by atoms with Gasteiger partial charge in [0.15, 0.2) is 5.13 Å². The van der Waals surface area contributed by atoms with Crippen molar-refractivity contribution in [1.82, 2.24) is 10.3 Å². The molecule has 1 aliphatic rings. The van der Waals surface area contributed by atoms with Crippen molar-refractivity contribution in [3.8, 4) is 0 Å². The molecule has 0 aliphatic carbocycles. The van der Waals surface area contributed by atoms with Crippen LogP contribution in [0.15, 0.2) is 58.4 Å². The first kappa shape index (κ1) is 21.0. The van der Waals surface area contributed by atoms with Gasteiger partial charge in [-0.3, -0.25) is 10.1 Å². The molecule has 4 rings (SSSR count). The van der Waals surface area contributed by atoms with Gasteiger partial charge in [-0.2, -0.15) is 0 Å². The molecule has 1 amide bonds. The molecule has 7 heteroatoms. The topological polar surface area (TPSA) is 57.3 Å². The van der Waals surface area contributed by atoms with Gasteiger partial charge in [0.05, 0.1) is 5.69 Å². The van der Waals surface area contributed by atoms with Crippen LogP contribution in [0.1, 0.15) is 35.5 Å². The van der Waals surface area contributed by atoms with Gasteiger partial charge in [-0.1, -0.05) is 41.9 Å². The second-order valence-electron chi connectivity index (χ2n) is 7.91. The van der Waals surface area contributed by atoms with E-state index >= 15 is 0 Å². The fourth-order valence-corrected chi connectivity index (χ4v) is 4.69. The number of nitrogens with zero attached hydrogens (tertiary/aromatic N) is 2. The minimum Gasteiger partial charge on any atom is -0.369 e. The Kier molecular flexibility index (Phi) is 6.22. The summed E-state index contributed by atoms with van der Waals surface area (Å²) in [6, 6.07) is 16.1. The molecule has 1 aliphatic heterocycles. The number of carbonyl (C=O) groups is 1. The van der Waals surface area contributed by atoms with Crippen LogP contribution in [-0.4, -0.2) is 37.1 Å². The van der Waals surface area contributed by atoms with E-state index in [0.29, 0.717) is 10.7 Å². The molecule has 2 aromatic carbocycles. The van der Waals surface area contributed by atoms with Gasteiger partial charge in [0.2, 0.25) is 0 Å². The van der Waals surface area contributed by atoms with E-state index < -0.39 is 0 Å². The highest BCUT2D eigenvalue weighted by Gasteiger charge is 2.26. The quantitative estimate of drug-likeness (QED) is 0.540. The van der Waals surface area contributed by atoms with Gasteiger partial charge in [0, 0.05) is 52.7 Å². The van der Waals surface area contributed by atoms with E-state index in [1.807, 2.05) is 41.8 Å². The first-order chi connectivity index (χ1) is 14.4. The monoisotopic (exact) mass is 484 g/mol. The number of carbonyl (C=O) groups excluding carboxylic acids is 1. The predicted octanol–water partition coefficient (Wildman–Crippen LogP) is 4.89. The van der Waals surface area contributed by atoms with Crippen molar-refractivity contribution < 1.29 is 4.79 Å². The Morgan fingerprint density at radius 2 is 1.77 bits per heavy atom. The molecular weight excluding hydrogens is 460 g/mol. The summed E-state index contributed by atoms with van der Waals surface area (Å²) in [5.74, 6) is -0.135. The van der Waals surface area contributed by atoms with Crippen LogP contribution < -0.4 is 15.5 Å². The van der Waals surface area contributed by atoms with E-state index in [9.17, 15) is 4.79 Å². The number of hydrogen-bond donors (Lipinski definition) is 2. The lowest BCUT2D eigenvalue weighted by Crippen LogP contribution is -2.43. The summed E-state index contributed by atoms with van der Waals surface area (Å²) in [5, 5.41) is 8.94. The summed E-state index contributed by atoms with van der Waals surface area (Å²) < 4.78 is 1.05. The van der Waals surface area contributed by atoms with Crippen molar-refractivity contribution in [1.29, 1.82) is 0 Å². The van der Waals surface area contributed by atoms with E-state index in [4.69, 9.17) is 4.98 Å². The van der Waals surface area contributed by atoms with E-state index in [1.54, 1.807) is 0 Å². The number of rotatable bonds is 5. The van der Waals surface area contributed by atoms with Crippen molar-refractivity contribution in [2.45, 2.75) is 19.3 Å². The third kappa shape index (κ3) is 4.58. The summed E-state index contributed by atoms with van der Waals surface area (Å²) in [4.78, 5) is 19.7. The third-order valence-corrected chi connectivity index (χ3v) is 6.83. The molecule has 0 atom stereocenters. The number of anilines is 2. The number of amides is 1. The fraction of sp³-hybridized carbons (Fsp3) is 0.304. The molecule has 156 valence electrons. The largest absolute Gasteiger partial charge is 0.369 e. The summed E-state index contributed by atoms with van der Waals surface area (Å²) in [7, 11) is 0. The van der Waals surface area contributed by atoms with Gasteiger partial charge in [0.25, 0.3) is 5.91 Å². The number of thiazole rings is 1. The van der Waals surface area contributed by atoms with Crippen molar-refractivity contribution in [2.24, 2.45) is 0 Å². The molecule has 0 spiro atoms. The minimum absolute atomic E-state index is 0.135. The molecule has 1 saturated heterocycles. The first-order valence-electron chi connectivity index (χ1n) is 10.0. The van der Waals surface area contributed by atoms with Crippen LogP contribution >= 0.6 is 27.3 Å². The maximum Gasteiger partial charge on any atom is 0.257 e. The second kappa shape index (κ2) is 8.88. The molecule has 5 nitrogen and oxygen atoms in total. The second-order valence-corrected chi connectivity index (χ2v) is 9.68. The van der Waals surface area contributed by atoms with Crippen LogP contribution in [0.25, 0.3) is 0 Å². The minimum atomic E-state index is -0.245.